The molecule has 0 bridgehead atoms. The molecule has 0 saturated heterocycles. The smallest absolute Gasteiger partial charge is 0.138 e. The lowest BCUT2D eigenvalue weighted by atomic mass is 10.1. The molecule has 4 rings (SSSR count). The molecule has 1 aliphatic heterocycles. The van der Waals surface area contributed by atoms with Crippen LogP contribution in [0.2, 0.25) is 0 Å². The molecule has 1 N–H and O–H groups in total. The summed E-state index contributed by atoms with van der Waals surface area (Å²) in [6, 6.07) is 8.50. The molecule has 0 aliphatic carbocycles. The van der Waals surface area contributed by atoms with Gasteiger partial charge in [0.15, 0.2) is 0 Å². The molecular weight excluding hydrogens is 292 g/mol. The van der Waals surface area contributed by atoms with Gasteiger partial charge in [0.05, 0.1) is 11.6 Å². The van der Waals surface area contributed by atoms with E-state index < -0.39 is 0 Å². The summed E-state index contributed by atoms with van der Waals surface area (Å²) in [5, 5.41) is 4.71. The maximum Gasteiger partial charge on any atom is 0.138 e. The lowest BCUT2D eigenvalue weighted by Crippen LogP contribution is -2.09. The van der Waals surface area contributed by atoms with Crippen molar-refractivity contribution >= 4 is 28.5 Å². The zero-order valence-electron chi connectivity index (χ0n) is 12.3. The highest BCUT2D eigenvalue weighted by Gasteiger charge is 2.19. The predicted octanol–water partition coefficient (Wildman–Crippen LogP) is 3.85. The van der Waals surface area contributed by atoms with Crippen LogP contribution >= 0.6 is 11.8 Å². The van der Waals surface area contributed by atoms with E-state index in [0.29, 0.717) is 0 Å². The van der Waals surface area contributed by atoms with E-state index in [1.807, 2.05) is 36.3 Å². The number of hydrogen-bond acceptors (Lipinski definition) is 5. The van der Waals surface area contributed by atoms with Crippen LogP contribution in [0.15, 0.2) is 47.9 Å². The minimum atomic E-state index is 0.172. The van der Waals surface area contributed by atoms with E-state index in [2.05, 4.69) is 39.3 Å². The molecule has 0 radical (unpaired) electrons. The topological polar surface area (TPSA) is 50.7 Å². The molecule has 1 aliphatic rings. The largest absolute Gasteiger partial charge is 0.363 e. The van der Waals surface area contributed by atoms with Crippen molar-refractivity contribution in [3.05, 3.63) is 54.1 Å². The molecule has 0 saturated carbocycles. The van der Waals surface area contributed by atoms with Crippen molar-refractivity contribution in [2.45, 2.75) is 24.3 Å². The van der Waals surface area contributed by atoms with E-state index in [9.17, 15) is 0 Å². The molecule has 22 heavy (non-hydrogen) atoms. The fraction of sp³-hybridized carbons (Fsp3) is 0.235. The van der Waals surface area contributed by atoms with Crippen LogP contribution in [-0.4, -0.2) is 20.7 Å². The second-order valence-corrected chi connectivity index (χ2v) is 6.54. The number of nitrogens with zero attached hydrogens (tertiary/aromatic N) is 3. The Morgan fingerprint density at radius 3 is 2.86 bits per heavy atom. The third-order valence-electron chi connectivity index (χ3n) is 4.04. The van der Waals surface area contributed by atoms with Gasteiger partial charge in [-0.3, -0.25) is 4.98 Å². The molecular formula is C17H16N4S. The average molecular weight is 308 g/mol. The molecule has 3 aromatic rings. The fourth-order valence-corrected chi connectivity index (χ4v) is 3.97. The molecule has 0 amide bonds. The number of pyridine rings is 1. The molecule has 1 aromatic carbocycles. The number of thioether (sulfide) groups is 1. The maximum atomic E-state index is 4.50. The van der Waals surface area contributed by atoms with Crippen LogP contribution in [0.25, 0.3) is 10.9 Å². The van der Waals surface area contributed by atoms with Crippen LogP contribution in [0.1, 0.15) is 24.1 Å². The zero-order valence-corrected chi connectivity index (χ0v) is 13.1. The molecule has 1 atom stereocenters. The quantitative estimate of drug-likeness (QED) is 0.796. The third kappa shape index (κ3) is 2.31. The second kappa shape index (κ2) is 5.57. The average Bonchev–Trinajstić information content (AvgIpc) is 3.04. The van der Waals surface area contributed by atoms with Crippen LogP contribution < -0.4 is 5.32 Å². The Kier molecular flexibility index (Phi) is 3.42. The highest BCUT2D eigenvalue weighted by Crippen LogP contribution is 2.38. The van der Waals surface area contributed by atoms with Gasteiger partial charge in [-0.15, -0.1) is 11.8 Å². The van der Waals surface area contributed by atoms with Crippen molar-refractivity contribution in [2.75, 3.05) is 11.1 Å². The molecule has 0 spiro atoms. The van der Waals surface area contributed by atoms with Crippen LogP contribution in [-0.2, 0) is 6.42 Å². The molecule has 5 heteroatoms. The van der Waals surface area contributed by atoms with Crippen LogP contribution in [0, 0.1) is 0 Å². The van der Waals surface area contributed by atoms with E-state index in [4.69, 9.17) is 0 Å². The Labute approximate surface area is 133 Å². The first-order valence-electron chi connectivity index (χ1n) is 7.39. The van der Waals surface area contributed by atoms with Crippen molar-refractivity contribution in [1.29, 1.82) is 0 Å². The number of aromatic nitrogens is 3. The van der Waals surface area contributed by atoms with E-state index in [-0.39, 0.29) is 6.04 Å². The Balaban J connectivity index is 1.77. The van der Waals surface area contributed by atoms with E-state index in [1.54, 1.807) is 6.33 Å². The highest BCUT2D eigenvalue weighted by atomic mass is 32.2. The lowest BCUT2D eigenvalue weighted by molar-refractivity contribution is 0.871. The van der Waals surface area contributed by atoms with Crippen molar-refractivity contribution in [1.82, 2.24) is 15.0 Å². The van der Waals surface area contributed by atoms with Gasteiger partial charge in [-0.2, -0.15) is 0 Å². The summed E-state index contributed by atoms with van der Waals surface area (Å²) in [7, 11) is 0. The summed E-state index contributed by atoms with van der Waals surface area (Å²) in [6.07, 6.45) is 6.36. The number of hydrogen-bond donors (Lipinski definition) is 1. The SMILES string of the molecule is CC(Nc1ncnc2ccc3c(c12)CCS3)c1ccncc1. The summed E-state index contributed by atoms with van der Waals surface area (Å²) in [5.74, 6) is 2.07. The van der Waals surface area contributed by atoms with Crippen molar-refractivity contribution < 1.29 is 0 Å². The number of rotatable bonds is 3. The van der Waals surface area contributed by atoms with Gasteiger partial charge in [-0.05, 0) is 48.7 Å². The predicted molar refractivity (Wildman–Crippen MR) is 90.2 cm³/mol. The number of nitrogens with one attached hydrogen (secondary N) is 1. The Bertz CT molecular complexity index is 820. The lowest BCUT2D eigenvalue weighted by Gasteiger charge is -2.17. The Morgan fingerprint density at radius 2 is 2.00 bits per heavy atom. The summed E-state index contributed by atoms with van der Waals surface area (Å²) >= 11 is 1.92. The monoisotopic (exact) mass is 308 g/mol. The van der Waals surface area contributed by atoms with Gasteiger partial charge in [0.1, 0.15) is 12.1 Å². The number of fused-ring (bicyclic) bond motifs is 3. The summed E-state index contributed by atoms with van der Waals surface area (Å²) < 4.78 is 0. The number of anilines is 1. The first-order chi connectivity index (χ1) is 10.8. The van der Waals surface area contributed by atoms with Gasteiger partial charge in [0.25, 0.3) is 0 Å². The van der Waals surface area contributed by atoms with Gasteiger partial charge in [0.2, 0.25) is 0 Å². The van der Waals surface area contributed by atoms with Crippen LogP contribution in [0.3, 0.4) is 0 Å². The number of aryl methyl sites for hydroxylation is 1. The molecule has 110 valence electrons. The van der Waals surface area contributed by atoms with E-state index >= 15 is 0 Å². The van der Waals surface area contributed by atoms with Crippen LogP contribution in [0.5, 0.6) is 0 Å². The molecule has 0 fully saturated rings. The third-order valence-corrected chi connectivity index (χ3v) is 5.14. The van der Waals surface area contributed by atoms with Gasteiger partial charge in [-0.25, -0.2) is 9.97 Å². The van der Waals surface area contributed by atoms with Gasteiger partial charge in [0, 0.05) is 28.4 Å². The zero-order chi connectivity index (χ0) is 14.9. The van der Waals surface area contributed by atoms with Gasteiger partial charge >= 0.3 is 0 Å². The second-order valence-electron chi connectivity index (χ2n) is 5.40. The van der Waals surface area contributed by atoms with Crippen LogP contribution in [0.4, 0.5) is 5.82 Å². The summed E-state index contributed by atoms with van der Waals surface area (Å²) in [5.41, 5.74) is 3.59. The van der Waals surface area contributed by atoms with E-state index in [0.717, 1.165) is 23.5 Å². The van der Waals surface area contributed by atoms with Gasteiger partial charge < -0.3 is 5.32 Å². The maximum absolute atomic E-state index is 4.50. The standard InChI is InChI=1S/C17H16N4S/c1-11(12-4-7-18-8-5-12)21-17-16-13-6-9-22-15(13)3-2-14(16)19-10-20-17/h2-5,7-8,10-11H,6,9H2,1H3,(H,19,20,21). The Hall–Kier alpha value is -2.14. The first kappa shape index (κ1) is 13.5. The fourth-order valence-electron chi connectivity index (χ4n) is 2.90. The van der Waals surface area contributed by atoms with Crippen molar-refractivity contribution in [3.63, 3.8) is 0 Å². The van der Waals surface area contributed by atoms with E-state index in [1.165, 1.54) is 21.4 Å². The Morgan fingerprint density at radius 1 is 1.14 bits per heavy atom. The summed E-state index contributed by atoms with van der Waals surface area (Å²) in [4.78, 5) is 14.4. The normalized spacial score (nSPS) is 14.8. The van der Waals surface area contributed by atoms with Crippen molar-refractivity contribution in [2.24, 2.45) is 0 Å². The molecule has 3 heterocycles. The minimum absolute atomic E-state index is 0.172. The molecule has 4 nitrogen and oxygen atoms in total. The molecule has 1 unspecified atom stereocenters. The van der Waals surface area contributed by atoms with Crippen molar-refractivity contribution in [3.8, 4) is 0 Å². The first-order valence-corrected chi connectivity index (χ1v) is 8.37. The summed E-state index contributed by atoms with van der Waals surface area (Å²) in [6.45, 7) is 2.14. The van der Waals surface area contributed by atoms with Gasteiger partial charge in [-0.1, -0.05) is 0 Å². The minimum Gasteiger partial charge on any atom is -0.363 e. The molecule has 2 aromatic heterocycles. The highest BCUT2D eigenvalue weighted by molar-refractivity contribution is 7.99. The number of benzene rings is 1.